The van der Waals surface area contributed by atoms with Gasteiger partial charge >= 0.3 is 0 Å². The van der Waals surface area contributed by atoms with E-state index < -0.39 is 0 Å². The highest BCUT2D eigenvalue weighted by Gasteiger charge is 2.24. The van der Waals surface area contributed by atoms with Crippen LogP contribution in [-0.2, 0) is 4.74 Å². The molecule has 1 saturated heterocycles. The number of aromatic nitrogens is 1. The third-order valence-electron chi connectivity index (χ3n) is 5.26. The first-order valence-electron chi connectivity index (χ1n) is 10.6. The first kappa shape index (κ1) is 21.5. The van der Waals surface area contributed by atoms with E-state index in [9.17, 15) is 0 Å². The Bertz CT molecular complexity index is 740. The maximum atomic E-state index is 5.66. The minimum atomic E-state index is 0.261. The van der Waals surface area contributed by atoms with Gasteiger partial charge in [0.25, 0.3) is 0 Å². The van der Waals surface area contributed by atoms with Crippen LogP contribution in [0.5, 0.6) is 5.88 Å². The zero-order chi connectivity index (χ0) is 20.6. The summed E-state index contributed by atoms with van der Waals surface area (Å²) < 4.78 is 10.9. The predicted molar refractivity (Wildman–Crippen MR) is 119 cm³/mol. The van der Waals surface area contributed by atoms with Gasteiger partial charge in [0.1, 0.15) is 5.84 Å². The molecule has 0 unspecified atom stereocenters. The second-order valence-electron chi connectivity index (χ2n) is 7.89. The van der Waals surface area contributed by atoms with Crippen molar-refractivity contribution in [1.29, 1.82) is 0 Å². The first-order chi connectivity index (χ1) is 14.1. The van der Waals surface area contributed by atoms with Gasteiger partial charge in [0.15, 0.2) is 0 Å². The third-order valence-corrected chi connectivity index (χ3v) is 5.26. The molecule has 0 N–H and O–H groups in total. The smallest absolute Gasteiger partial charge is 0.213 e. The Labute approximate surface area is 174 Å². The highest BCUT2D eigenvalue weighted by atomic mass is 16.5. The number of hydrogen-bond donors (Lipinski definition) is 0. The molecule has 1 aromatic rings. The van der Waals surface area contributed by atoms with Crippen molar-refractivity contribution in [3.8, 4) is 5.88 Å². The number of ether oxygens (including phenoxy) is 2. The van der Waals surface area contributed by atoms with E-state index in [2.05, 4.69) is 47.4 Å². The van der Waals surface area contributed by atoms with Crippen LogP contribution in [0.4, 0.5) is 0 Å². The average molecular weight is 399 g/mol. The summed E-state index contributed by atoms with van der Waals surface area (Å²) in [6.45, 7) is 13.5. The third kappa shape index (κ3) is 6.15. The fourth-order valence-electron chi connectivity index (χ4n) is 3.63. The quantitative estimate of drug-likeness (QED) is 0.363. The van der Waals surface area contributed by atoms with Crippen molar-refractivity contribution in [3.63, 3.8) is 0 Å². The number of methoxy groups -OCH3 is 1. The Hall–Kier alpha value is -2.18. The topological polar surface area (TPSA) is 50.2 Å². The molecule has 6 nitrogen and oxygen atoms in total. The summed E-state index contributed by atoms with van der Waals surface area (Å²) in [5.41, 5.74) is 2.30. The molecule has 158 valence electrons. The molecule has 3 heterocycles. The van der Waals surface area contributed by atoms with Crippen molar-refractivity contribution in [2.75, 3.05) is 46.4 Å². The molecule has 1 aromatic heterocycles. The minimum Gasteiger partial charge on any atom is -0.481 e. The van der Waals surface area contributed by atoms with E-state index >= 15 is 0 Å². The highest BCUT2D eigenvalue weighted by molar-refractivity contribution is 5.85. The fourth-order valence-corrected chi connectivity index (χ4v) is 3.63. The Morgan fingerprint density at radius 2 is 2.31 bits per heavy atom. The number of amidine groups is 1. The van der Waals surface area contributed by atoms with Gasteiger partial charge in [-0.25, -0.2) is 4.98 Å². The van der Waals surface area contributed by atoms with Crippen LogP contribution < -0.4 is 4.74 Å². The lowest BCUT2D eigenvalue weighted by Gasteiger charge is -2.36. The van der Waals surface area contributed by atoms with Gasteiger partial charge in [0.05, 0.1) is 25.5 Å². The zero-order valence-electron chi connectivity index (χ0n) is 18.0. The molecule has 0 bridgehead atoms. The Morgan fingerprint density at radius 1 is 1.48 bits per heavy atom. The van der Waals surface area contributed by atoms with Crippen molar-refractivity contribution in [3.05, 3.63) is 42.6 Å². The van der Waals surface area contributed by atoms with E-state index in [1.54, 1.807) is 7.11 Å². The van der Waals surface area contributed by atoms with Crippen LogP contribution >= 0.6 is 0 Å². The highest BCUT2D eigenvalue weighted by Crippen LogP contribution is 2.23. The average Bonchev–Trinajstić information content (AvgIpc) is 2.69. The molecule has 6 heteroatoms. The summed E-state index contributed by atoms with van der Waals surface area (Å²) in [5, 5.41) is 0. The molecule has 2 aliphatic heterocycles. The van der Waals surface area contributed by atoms with E-state index in [0.29, 0.717) is 12.0 Å². The van der Waals surface area contributed by atoms with E-state index in [-0.39, 0.29) is 6.04 Å². The van der Waals surface area contributed by atoms with Crippen LogP contribution in [0.3, 0.4) is 0 Å². The van der Waals surface area contributed by atoms with Gasteiger partial charge in [-0.2, -0.15) is 0 Å². The fraction of sp³-hybridized carbons (Fsp3) is 0.565. The van der Waals surface area contributed by atoms with Crippen LogP contribution in [0.25, 0.3) is 5.57 Å². The molecule has 0 spiro atoms. The second-order valence-corrected chi connectivity index (χ2v) is 7.89. The molecule has 1 fully saturated rings. The monoisotopic (exact) mass is 398 g/mol. The molecule has 3 rings (SSSR count). The van der Waals surface area contributed by atoms with Gasteiger partial charge in [-0.05, 0) is 38.3 Å². The predicted octanol–water partition coefficient (Wildman–Crippen LogP) is 3.26. The molecule has 0 aromatic carbocycles. The molecule has 0 aliphatic carbocycles. The van der Waals surface area contributed by atoms with Gasteiger partial charge in [-0.3, -0.25) is 9.89 Å². The van der Waals surface area contributed by atoms with Crippen LogP contribution in [0.1, 0.15) is 32.4 Å². The molecular formula is C23H34N4O2. The molecular weight excluding hydrogens is 364 g/mol. The normalized spacial score (nSPS) is 20.2. The maximum Gasteiger partial charge on any atom is 0.213 e. The van der Waals surface area contributed by atoms with Gasteiger partial charge < -0.3 is 14.4 Å². The van der Waals surface area contributed by atoms with Gasteiger partial charge in [-0.1, -0.05) is 18.2 Å². The summed E-state index contributed by atoms with van der Waals surface area (Å²) in [6.07, 6.45) is 6.66. The molecule has 0 saturated carbocycles. The number of hydrogen-bond acceptors (Lipinski definition) is 5. The molecule has 1 atom stereocenters. The van der Waals surface area contributed by atoms with Crippen molar-refractivity contribution in [1.82, 2.24) is 14.8 Å². The summed E-state index contributed by atoms with van der Waals surface area (Å²) in [4.78, 5) is 14.3. The largest absolute Gasteiger partial charge is 0.481 e. The second kappa shape index (κ2) is 10.6. The first-order valence-corrected chi connectivity index (χ1v) is 10.6. The van der Waals surface area contributed by atoms with Crippen molar-refractivity contribution in [2.24, 2.45) is 4.99 Å². The maximum absolute atomic E-state index is 5.66. The van der Waals surface area contributed by atoms with Crippen molar-refractivity contribution < 1.29 is 9.47 Å². The summed E-state index contributed by atoms with van der Waals surface area (Å²) in [5.74, 6) is 1.79. The van der Waals surface area contributed by atoms with Crippen LogP contribution in [0.15, 0.2) is 41.9 Å². The zero-order valence-corrected chi connectivity index (χ0v) is 18.0. The molecule has 0 amide bonds. The lowest BCUT2D eigenvalue weighted by Crippen LogP contribution is -2.47. The Kier molecular flexibility index (Phi) is 7.83. The van der Waals surface area contributed by atoms with Gasteiger partial charge in [-0.15, -0.1) is 6.58 Å². The number of aliphatic imine (C=N–C) groups is 1. The Balaban J connectivity index is 1.66. The van der Waals surface area contributed by atoms with Gasteiger partial charge in [0, 0.05) is 44.9 Å². The number of rotatable bonds is 9. The van der Waals surface area contributed by atoms with Crippen molar-refractivity contribution in [2.45, 2.75) is 38.8 Å². The van der Waals surface area contributed by atoms with E-state index in [1.807, 2.05) is 18.2 Å². The SMILES string of the molecule is C=CCN(C[C@@H]1CCO1)C(CN1CC=C(c2cccc(OC)n2)CC1)=NC(C)C. The lowest BCUT2D eigenvalue weighted by molar-refractivity contribution is -0.0583. The molecule has 0 radical (unpaired) electrons. The minimum absolute atomic E-state index is 0.261. The molecule has 2 aliphatic rings. The standard InChI is InChI=1S/C23H34N4O2/c1-5-12-27(16-20-11-15-29-20)22(24-18(2)3)17-26-13-9-19(10-14-26)21-7-6-8-23(25-21)28-4/h5-9,18,20H,1,10-17H2,2-4H3/t20-/m0/s1. The molecule has 29 heavy (non-hydrogen) atoms. The lowest BCUT2D eigenvalue weighted by atomic mass is 10.0. The van der Waals surface area contributed by atoms with E-state index in [0.717, 1.165) is 63.7 Å². The van der Waals surface area contributed by atoms with Crippen LogP contribution in [0.2, 0.25) is 0 Å². The summed E-state index contributed by atoms with van der Waals surface area (Å²) in [7, 11) is 1.66. The van der Waals surface area contributed by atoms with Gasteiger partial charge in [0.2, 0.25) is 5.88 Å². The van der Waals surface area contributed by atoms with E-state index in [4.69, 9.17) is 14.5 Å². The van der Waals surface area contributed by atoms with Crippen molar-refractivity contribution >= 4 is 11.4 Å². The summed E-state index contributed by atoms with van der Waals surface area (Å²) in [6, 6.07) is 6.20. The van der Waals surface area contributed by atoms with Crippen LogP contribution in [-0.4, -0.2) is 79.2 Å². The number of pyridine rings is 1. The number of nitrogens with zero attached hydrogens (tertiary/aromatic N) is 4. The van der Waals surface area contributed by atoms with Crippen LogP contribution in [0, 0.1) is 0 Å². The Morgan fingerprint density at radius 3 is 2.90 bits per heavy atom. The van der Waals surface area contributed by atoms with E-state index in [1.165, 1.54) is 5.57 Å². The summed E-state index contributed by atoms with van der Waals surface area (Å²) >= 11 is 0.